The molecule has 1 fully saturated rings. The smallest absolute Gasteiger partial charge is 0.0548 e. The van der Waals surface area contributed by atoms with Crippen LogP contribution in [0.1, 0.15) is 12.8 Å². The second-order valence-electron chi connectivity index (χ2n) is 2.58. The van der Waals surface area contributed by atoms with E-state index in [1.54, 1.807) is 0 Å². The van der Waals surface area contributed by atoms with E-state index in [1.807, 2.05) is 8.93 Å². The highest BCUT2D eigenvalue weighted by molar-refractivity contribution is 14.2. The number of halogens is 1. The van der Waals surface area contributed by atoms with Gasteiger partial charge in [0, 0.05) is 12.6 Å². The van der Waals surface area contributed by atoms with Gasteiger partial charge < -0.3 is 5.73 Å². The van der Waals surface area contributed by atoms with Crippen LogP contribution in [0.25, 0.3) is 0 Å². The molecule has 2 nitrogen and oxygen atoms in total. The Kier molecular flexibility index (Phi) is 4.36. The Labute approximate surface area is 78.5 Å². The minimum absolute atomic E-state index is 0.669. The van der Waals surface area contributed by atoms with Crippen molar-refractivity contribution in [3.63, 3.8) is 0 Å². The first kappa shape index (κ1) is 9.09. The summed E-state index contributed by atoms with van der Waals surface area (Å²) in [6.45, 7) is 2.08. The van der Waals surface area contributed by atoms with Gasteiger partial charge in [-0.2, -0.15) is 0 Å². The van der Waals surface area contributed by atoms with Gasteiger partial charge in [-0.25, -0.2) is 0 Å². The first-order valence-corrected chi connectivity index (χ1v) is 7.09. The van der Waals surface area contributed by atoms with Gasteiger partial charge in [0.05, 0.1) is 5.88 Å². The van der Waals surface area contributed by atoms with Crippen LogP contribution in [0.2, 0.25) is 0 Å². The number of hydrogen-bond donors (Lipinski definition) is 1. The highest BCUT2D eigenvalue weighted by Gasteiger charge is 2.21. The second kappa shape index (κ2) is 4.79. The number of likely N-dealkylation sites (tertiary alicyclic amines) is 1. The van der Waals surface area contributed by atoms with Crippen molar-refractivity contribution < 1.29 is 0 Å². The summed E-state index contributed by atoms with van der Waals surface area (Å²) in [6.07, 6.45) is 2.63. The Balaban J connectivity index is 2.27. The summed E-state index contributed by atoms with van der Waals surface area (Å²) in [5.41, 5.74) is 5.60. The molecule has 2 N–H and O–H groups in total. The number of nitrogens with two attached hydrogens (primary N) is 1. The molecule has 0 spiro atoms. The fourth-order valence-corrected chi connectivity index (χ4v) is 2.93. The summed E-state index contributed by atoms with van der Waals surface area (Å²) in [6, 6.07) is 0.669. The van der Waals surface area contributed by atoms with Gasteiger partial charge in [0.1, 0.15) is 0 Å². The first-order valence-electron chi connectivity index (χ1n) is 3.56. The lowest BCUT2D eigenvalue weighted by atomic mass is 10.2. The highest BCUT2D eigenvalue weighted by Crippen LogP contribution is 2.21. The van der Waals surface area contributed by atoms with Gasteiger partial charge in [0.25, 0.3) is 0 Å². The van der Waals surface area contributed by atoms with E-state index < -0.39 is 0 Å². The van der Waals surface area contributed by atoms with Crippen LogP contribution in [-0.4, -0.2) is 29.9 Å². The summed E-state index contributed by atoms with van der Waals surface area (Å²) in [4.78, 5) is 2.47. The zero-order valence-electron chi connectivity index (χ0n) is 5.92. The number of hydrogen-bond acceptors (Lipinski definition) is 3. The second-order valence-corrected chi connectivity index (χ2v) is 4.93. The maximum absolute atomic E-state index is 5.60. The largest absolute Gasteiger partial charge is 0.329 e. The van der Waals surface area contributed by atoms with Crippen molar-refractivity contribution >= 4 is 30.1 Å². The van der Waals surface area contributed by atoms with E-state index >= 15 is 0 Å². The quantitative estimate of drug-likeness (QED) is 0.788. The Morgan fingerprint density at radius 3 is 3.10 bits per heavy atom. The summed E-state index contributed by atoms with van der Waals surface area (Å²) in [5, 5.41) is 0. The molecule has 0 aromatic carbocycles. The minimum atomic E-state index is 0.669. The molecule has 0 saturated carbocycles. The zero-order valence-corrected chi connectivity index (χ0v) is 8.90. The molecule has 1 unspecified atom stereocenters. The SMILES string of the molecule is NCC1CCCN1CSI. The van der Waals surface area contributed by atoms with Crippen molar-refractivity contribution in [1.29, 1.82) is 0 Å². The van der Waals surface area contributed by atoms with Crippen molar-refractivity contribution in [3.05, 3.63) is 0 Å². The molecule has 1 atom stereocenters. The summed E-state index contributed by atoms with van der Waals surface area (Å²) in [5.74, 6) is 1.14. The lowest BCUT2D eigenvalue weighted by molar-refractivity contribution is 0.305. The molecule has 1 aliphatic rings. The molecular weight excluding hydrogens is 259 g/mol. The maximum atomic E-state index is 5.60. The lowest BCUT2D eigenvalue weighted by Gasteiger charge is -2.20. The van der Waals surface area contributed by atoms with E-state index in [-0.39, 0.29) is 0 Å². The lowest BCUT2D eigenvalue weighted by Crippen LogP contribution is -2.34. The zero-order chi connectivity index (χ0) is 7.40. The van der Waals surface area contributed by atoms with Crippen LogP contribution in [0, 0.1) is 0 Å². The van der Waals surface area contributed by atoms with Crippen LogP contribution in [0.5, 0.6) is 0 Å². The number of nitrogens with zero attached hydrogens (tertiary/aromatic N) is 1. The molecular formula is C6H13IN2S. The van der Waals surface area contributed by atoms with Gasteiger partial charge in [-0.3, -0.25) is 4.90 Å². The monoisotopic (exact) mass is 272 g/mol. The topological polar surface area (TPSA) is 29.3 Å². The average Bonchev–Trinajstić information content (AvgIpc) is 2.36. The van der Waals surface area contributed by atoms with Crippen LogP contribution >= 0.6 is 30.1 Å². The molecule has 0 bridgehead atoms. The fourth-order valence-electron chi connectivity index (χ4n) is 1.39. The summed E-state index contributed by atoms with van der Waals surface area (Å²) in [7, 11) is 1.86. The molecule has 60 valence electrons. The van der Waals surface area contributed by atoms with Crippen molar-refractivity contribution in [2.45, 2.75) is 18.9 Å². The Hall–Kier alpha value is 1.00. The van der Waals surface area contributed by atoms with Gasteiger partial charge in [-0.15, -0.1) is 0 Å². The molecule has 1 saturated heterocycles. The molecule has 1 aliphatic heterocycles. The highest BCUT2D eigenvalue weighted by atomic mass is 127. The molecule has 0 radical (unpaired) electrons. The van der Waals surface area contributed by atoms with Crippen LogP contribution in [-0.2, 0) is 0 Å². The average molecular weight is 272 g/mol. The molecule has 0 amide bonds. The Morgan fingerprint density at radius 2 is 2.50 bits per heavy atom. The van der Waals surface area contributed by atoms with Crippen molar-refractivity contribution in [3.8, 4) is 0 Å². The molecule has 0 aromatic rings. The first-order chi connectivity index (χ1) is 4.88. The summed E-state index contributed by atoms with van der Waals surface area (Å²) < 4.78 is 0. The number of rotatable bonds is 3. The normalized spacial score (nSPS) is 27.6. The van der Waals surface area contributed by atoms with Crippen LogP contribution in [0.4, 0.5) is 0 Å². The predicted molar refractivity (Wildman–Crippen MR) is 55.3 cm³/mol. The van der Waals surface area contributed by atoms with Gasteiger partial charge in [0.2, 0.25) is 0 Å². The third-order valence-electron chi connectivity index (χ3n) is 1.99. The standard InChI is InChI=1S/C6H13IN2S/c7-10-5-9-3-1-2-6(9)4-8/h6H,1-5,8H2. The van der Waals surface area contributed by atoms with Crippen LogP contribution < -0.4 is 5.73 Å². The van der Waals surface area contributed by atoms with Crippen LogP contribution in [0.15, 0.2) is 0 Å². The minimum Gasteiger partial charge on any atom is -0.329 e. The van der Waals surface area contributed by atoms with E-state index in [2.05, 4.69) is 26.1 Å². The molecule has 0 aliphatic carbocycles. The van der Waals surface area contributed by atoms with Gasteiger partial charge in [-0.1, -0.05) is 8.93 Å². The third kappa shape index (κ3) is 2.25. The predicted octanol–water partition coefficient (Wildman–Crippen LogP) is 1.45. The fraction of sp³-hybridized carbons (Fsp3) is 1.00. The van der Waals surface area contributed by atoms with E-state index in [1.165, 1.54) is 19.4 Å². The molecule has 0 aromatic heterocycles. The molecule has 4 heteroatoms. The van der Waals surface area contributed by atoms with Crippen molar-refractivity contribution in [2.75, 3.05) is 19.0 Å². The van der Waals surface area contributed by atoms with Gasteiger partial charge in [0.15, 0.2) is 0 Å². The molecule has 10 heavy (non-hydrogen) atoms. The van der Waals surface area contributed by atoms with Crippen molar-refractivity contribution in [2.24, 2.45) is 5.73 Å². The van der Waals surface area contributed by atoms with E-state index in [0.717, 1.165) is 12.4 Å². The summed E-state index contributed by atoms with van der Waals surface area (Å²) >= 11 is 2.34. The third-order valence-corrected chi connectivity index (χ3v) is 3.25. The maximum Gasteiger partial charge on any atom is 0.0548 e. The van der Waals surface area contributed by atoms with Crippen molar-refractivity contribution in [1.82, 2.24) is 4.90 Å². The van der Waals surface area contributed by atoms with E-state index in [9.17, 15) is 0 Å². The van der Waals surface area contributed by atoms with E-state index in [0.29, 0.717) is 6.04 Å². The Bertz CT molecular complexity index is 102. The van der Waals surface area contributed by atoms with Gasteiger partial charge >= 0.3 is 0 Å². The molecule has 1 heterocycles. The molecule has 1 rings (SSSR count). The van der Waals surface area contributed by atoms with Crippen LogP contribution in [0.3, 0.4) is 0 Å². The van der Waals surface area contributed by atoms with Gasteiger partial charge in [-0.05, 0) is 40.6 Å². The Morgan fingerprint density at radius 1 is 1.70 bits per heavy atom. The van der Waals surface area contributed by atoms with E-state index in [4.69, 9.17) is 5.73 Å².